The van der Waals surface area contributed by atoms with E-state index in [1.54, 1.807) is 10.6 Å². The number of benzene rings is 1. The summed E-state index contributed by atoms with van der Waals surface area (Å²) in [4.78, 5) is 28.5. The Labute approximate surface area is 142 Å². The third-order valence-electron chi connectivity index (χ3n) is 3.50. The maximum atomic E-state index is 12.1. The number of amides is 1. The molecule has 0 aliphatic carbocycles. The molecule has 0 radical (unpaired) electrons. The van der Waals surface area contributed by atoms with Gasteiger partial charge in [0.15, 0.2) is 16.3 Å². The number of nitrogens with zero attached hydrogens (tertiary/aromatic N) is 2. The molecule has 7 nitrogen and oxygen atoms in total. The van der Waals surface area contributed by atoms with Crippen LogP contribution in [-0.4, -0.2) is 30.3 Å². The van der Waals surface area contributed by atoms with Crippen molar-refractivity contribution in [1.29, 1.82) is 0 Å². The molecule has 0 unspecified atom stereocenters. The fraction of sp³-hybridized carbons (Fsp3) is 0.438. The molecule has 0 spiro atoms. The van der Waals surface area contributed by atoms with E-state index in [-0.39, 0.29) is 25.2 Å². The number of fused-ring (bicyclic) bond motifs is 2. The van der Waals surface area contributed by atoms with Gasteiger partial charge in [-0.3, -0.25) is 9.59 Å². The van der Waals surface area contributed by atoms with Crippen molar-refractivity contribution in [3.05, 3.63) is 16.9 Å². The average Bonchev–Trinajstić information content (AvgIpc) is 3.09. The smallest absolute Gasteiger partial charge is 0.325 e. The van der Waals surface area contributed by atoms with Crippen LogP contribution < -0.4 is 14.3 Å². The lowest BCUT2D eigenvalue weighted by Gasteiger charge is -2.04. The van der Waals surface area contributed by atoms with Crippen LogP contribution in [-0.2, 0) is 20.9 Å². The molecule has 0 fully saturated rings. The fourth-order valence-electron chi connectivity index (χ4n) is 2.39. The molecule has 3 rings (SSSR count). The van der Waals surface area contributed by atoms with E-state index >= 15 is 0 Å². The van der Waals surface area contributed by atoms with E-state index in [0.717, 1.165) is 10.2 Å². The van der Waals surface area contributed by atoms with Crippen LogP contribution in [0.1, 0.15) is 20.3 Å². The van der Waals surface area contributed by atoms with Crippen molar-refractivity contribution in [1.82, 2.24) is 4.57 Å². The van der Waals surface area contributed by atoms with Gasteiger partial charge in [-0.25, -0.2) is 0 Å². The van der Waals surface area contributed by atoms with Gasteiger partial charge in [-0.2, -0.15) is 4.99 Å². The molecule has 2 heterocycles. The quantitative estimate of drug-likeness (QED) is 0.789. The van der Waals surface area contributed by atoms with Gasteiger partial charge in [-0.15, -0.1) is 0 Å². The molecule has 1 amide bonds. The maximum Gasteiger partial charge on any atom is 0.325 e. The molecular weight excluding hydrogens is 332 g/mol. The highest BCUT2D eigenvalue weighted by Gasteiger charge is 2.19. The normalized spacial score (nSPS) is 13.8. The second-order valence-corrected chi connectivity index (χ2v) is 6.83. The van der Waals surface area contributed by atoms with Gasteiger partial charge in [0, 0.05) is 18.6 Å². The second-order valence-electron chi connectivity index (χ2n) is 5.82. The van der Waals surface area contributed by atoms with E-state index in [1.165, 1.54) is 18.4 Å². The van der Waals surface area contributed by atoms with E-state index in [1.807, 2.05) is 19.9 Å². The zero-order valence-corrected chi connectivity index (χ0v) is 14.5. The maximum absolute atomic E-state index is 12.1. The highest BCUT2D eigenvalue weighted by molar-refractivity contribution is 7.16. The first-order valence-electron chi connectivity index (χ1n) is 7.55. The number of esters is 1. The van der Waals surface area contributed by atoms with Crippen molar-refractivity contribution < 1.29 is 23.8 Å². The summed E-state index contributed by atoms with van der Waals surface area (Å²) >= 11 is 1.33. The zero-order chi connectivity index (χ0) is 17.3. The Balaban J connectivity index is 2.13. The predicted octanol–water partition coefficient (Wildman–Crippen LogP) is 2.08. The highest BCUT2D eigenvalue weighted by atomic mass is 32.1. The molecule has 128 valence electrons. The van der Waals surface area contributed by atoms with E-state index in [0.29, 0.717) is 22.7 Å². The van der Waals surface area contributed by atoms with E-state index in [9.17, 15) is 9.59 Å². The summed E-state index contributed by atoms with van der Waals surface area (Å²) in [7, 11) is 1.33. The van der Waals surface area contributed by atoms with Crippen LogP contribution in [0, 0.1) is 5.92 Å². The van der Waals surface area contributed by atoms with Crippen LogP contribution in [0.25, 0.3) is 10.2 Å². The standard InChI is InChI=1S/C16H18N2O5S/c1-9(2)4-14(19)17-16-18(7-15(20)21-3)10-5-11-12(23-8-22-11)6-13(10)24-16/h5-6,9H,4,7-8H2,1-3H3. The third-order valence-corrected chi connectivity index (χ3v) is 4.54. The molecular formula is C16H18N2O5S. The Kier molecular flexibility index (Phi) is 4.57. The molecule has 0 atom stereocenters. The minimum atomic E-state index is -0.412. The Morgan fingerprint density at radius 2 is 2.04 bits per heavy atom. The lowest BCUT2D eigenvalue weighted by atomic mass is 10.1. The molecule has 8 heteroatoms. The van der Waals surface area contributed by atoms with Crippen LogP contribution in [0.3, 0.4) is 0 Å². The van der Waals surface area contributed by atoms with Gasteiger partial charge in [0.2, 0.25) is 12.7 Å². The summed E-state index contributed by atoms with van der Waals surface area (Å²) in [5, 5.41) is 0. The number of methoxy groups -OCH3 is 1. The zero-order valence-electron chi connectivity index (χ0n) is 13.7. The molecule has 2 aromatic rings. The van der Waals surface area contributed by atoms with Gasteiger partial charge in [-0.1, -0.05) is 25.2 Å². The van der Waals surface area contributed by atoms with Gasteiger partial charge in [0.1, 0.15) is 6.54 Å². The molecule has 0 saturated carbocycles. The first-order valence-corrected chi connectivity index (χ1v) is 8.37. The second kappa shape index (κ2) is 6.64. The molecule has 0 N–H and O–H groups in total. The fourth-order valence-corrected chi connectivity index (χ4v) is 3.45. The molecule has 1 aromatic heterocycles. The number of hydrogen-bond acceptors (Lipinski definition) is 6. The van der Waals surface area contributed by atoms with Crippen molar-refractivity contribution in [2.24, 2.45) is 10.9 Å². The number of thiazole rings is 1. The first kappa shape index (κ1) is 16.5. The lowest BCUT2D eigenvalue weighted by molar-refractivity contribution is -0.141. The number of carbonyl (C=O) groups excluding carboxylic acids is 2. The topological polar surface area (TPSA) is 79.1 Å². The summed E-state index contributed by atoms with van der Waals surface area (Å²) in [5.41, 5.74) is 0.755. The lowest BCUT2D eigenvalue weighted by Crippen LogP contribution is -2.22. The SMILES string of the molecule is COC(=O)Cn1c(=NC(=O)CC(C)C)sc2cc3c(cc21)OCO3. The molecule has 0 bridgehead atoms. The van der Waals surface area contributed by atoms with Gasteiger partial charge in [0.25, 0.3) is 0 Å². The minimum Gasteiger partial charge on any atom is -0.468 e. The highest BCUT2D eigenvalue weighted by Crippen LogP contribution is 2.36. The van der Waals surface area contributed by atoms with Crippen molar-refractivity contribution in [2.75, 3.05) is 13.9 Å². The van der Waals surface area contributed by atoms with Crippen molar-refractivity contribution in [2.45, 2.75) is 26.8 Å². The Morgan fingerprint density at radius 1 is 1.33 bits per heavy atom. The van der Waals surface area contributed by atoms with Crippen LogP contribution in [0.5, 0.6) is 11.5 Å². The van der Waals surface area contributed by atoms with Gasteiger partial charge in [-0.05, 0) is 5.92 Å². The average molecular weight is 350 g/mol. The van der Waals surface area contributed by atoms with Crippen LogP contribution in [0.2, 0.25) is 0 Å². The van der Waals surface area contributed by atoms with E-state index in [4.69, 9.17) is 14.2 Å². The summed E-state index contributed by atoms with van der Waals surface area (Å²) in [6.45, 7) is 4.07. The number of hydrogen-bond donors (Lipinski definition) is 0. The summed E-state index contributed by atoms with van der Waals surface area (Å²) in [6.07, 6.45) is 0.356. The monoisotopic (exact) mass is 350 g/mol. The summed E-state index contributed by atoms with van der Waals surface area (Å²) in [5.74, 6) is 0.851. The Hall–Kier alpha value is -2.35. The molecule has 24 heavy (non-hydrogen) atoms. The van der Waals surface area contributed by atoms with Crippen molar-refractivity contribution in [3.8, 4) is 11.5 Å². The predicted molar refractivity (Wildman–Crippen MR) is 88.0 cm³/mol. The van der Waals surface area contributed by atoms with Crippen molar-refractivity contribution >= 4 is 33.4 Å². The van der Waals surface area contributed by atoms with E-state index in [2.05, 4.69) is 4.99 Å². The third kappa shape index (κ3) is 3.28. The first-order chi connectivity index (χ1) is 11.5. The Morgan fingerprint density at radius 3 is 2.71 bits per heavy atom. The van der Waals surface area contributed by atoms with Crippen LogP contribution >= 0.6 is 11.3 Å². The summed E-state index contributed by atoms with van der Waals surface area (Å²) < 4.78 is 18.1. The molecule has 0 saturated heterocycles. The number of ether oxygens (including phenoxy) is 3. The van der Waals surface area contributed by atoms with Gasteiger partial charge >= 0.3 is 5.97 Å². The number of aromatic nitrogens is 1. The largest absolute Gasteiger partial charge is 0.468 e. The van der Waals surface area contributed by atoms with Crippen molar-refractivity contribution in [3.63, 3.8) is 0 Å². The van der Waals surface area contributed by atoms with E-state index < -0.39 is 5.97 Å². The van der Waals surface area contributed by atoms with Crippen LogP contribution in [0.15, 0.2) is 17.1 Å². The van der Waals surface area contributed by atoms with Crippen LogP contribution in [0.4, 0.5) is 0 Å². The number of carbonyl (C=O) groups is 2. The molecule has 1 aliphatic rings. The minimum absolute atomic E-state index is 0.0239. The molecule has 1 aromatic carbocycles. The number of rotatable bonds is 4. The Bertz CT molecular complexity index is 865. The van der Waals surface area contributed by atoms with Gasteiger partial charge < -0.3 is 18.8 Å². The molecule has 1 aliphatic heterocycles. The summed E-state index contributed by atoms with van der Waals surface area (Å²) in [6, 6.07) is 3.63. The van der Waals surface area contributed by atoms with Gasteiger partial charge in [0.05, 0.1) is 17.3 Å².